The zero-order valence-electron chi connectivity index (χ0n) is 6.93. The van der Waals surface area contributed by atoms with Crippen molar-refractivity contribution in [3.8, 4) is 0 Å². The van der Waals surface area contributed by atoms with Crippen molar-refractivity contribution in [1.29, 1.82) is 0 Å². The molecule has 0 aliphatic heterocycles. The Labute approximate surface area is 65.8 Å². The molecule has 0 heterocycles. The van der Waals surface area contributed by atoms with Crippen molar-refractivity contribution in [3.05, 3.63) is 0 Å². The van der Waals surface area contributed by atoms with E-state index in [2.05, 4.69) is 4.74 Å². The van der Waals surface area contributed by atoms with Gasteiger partial charge in [0.1, 0.15) is 6.23 Å². The molecule has 0 radical (unpaired) electrons. The Morgan fingerprint density at radius 3 is 2.00 bits per heavy atom. The second-order valence-corrected chi connectivity index (χ2v) is 2.37. The Morgan fingerprint density at radius 2 is 1.73 bits per heavy atom. The molecule has 0 aliphatic carbocycles. The van der Waals surface area contributed by atoms with Gasteiger partial charge in [-0.3, -0.25) is 0 Å². The Bertz CT molecular complexity index is 109. The average molecular weight is 165 g/mol. The van der Waals surface area contributed by atoms with Gasteiger partial charge in [0, 0.05) is 7.11 Å². The van der Waals surface area contributed by atoms with Crippen LogP contribution >= 0.6 is 0 Å². The van der Waals surface area contributed by atoms with E-state index in [1.807, 2.05) is 0 Å². The first-order valence-electron chi connectivity index (χ1n) is 3.36. The van der Waals surface area contributed by atoms with Gasteiger partial charge in [0.15, 0.2) is 6.23 Å². The summed E-state index contributed by atoms with van der Waals surface area (Å²) in [5.74, 6) is 0. The van der Waals surface area contributed by atoms with E-state index in [0.29, 0.717) is 5.06 Å². The summed E-state index contributed by atoms with van der Waals surface area (Å²) < 4.78 is 4.69. The van der Waals surface area contributed by atoms with Gasteiger partial charge in [-0.2, -0.15) is 0 Å². The molecule has 0 saturated heterocycles. The van der Waals surface area contributed by atoms with Crippen LogP contribution in [0.5, 0.6) is 0 Å². The Hall–Kier alpha value is -0.200. The number of nitrogens with zero attached hydrogens (tertiary/aromatic N) is 1. The highest BCUT2D eigenvalue weighted by Gasteiger charge is 2.22. The molecule has 0 aromatic carbocycles. The van der Waals surface area contributed by atoms with Gasteiger partial charge >= 0.3 is 0 Å². The minimum Gasteiger partial charge on any atom is -0.389 e. The smallest absolute Gasteiger partial charge is 0.157 e. The molecule has 0 spiro atoms. The Kier molecular flexibility index (Phi) is 4.55. The molecule has 0 saturated carbocycles. The molecule has 0 bridgehead atoms. The maximum absolute atomic E-state index is 9.05. The fourth-order valence-electron chi connectivity index (χ4n) is 0.544. The third-order valence-corrected chi connectivity index (χ3v) is 1.42. The van der Waals surface area contributed by atoms with Crippen LogP contribution in [-0.4, -0.2) is 46.2 Å². The predicted octanol–water partition coefficient (Wildman–Crippen LogP) is -0.631. The van der Waals surface area contributed by atoms with Crippen LogP contribution in [0.4, 0.5) is 0 Å². The van der Waals surface area contributed by atoms with E-state index in [1.54, 1.807) is 6.92 Å². The quantitative estimate of drug-likeness (QED) is 0.382. The Morgan fingerprint density at radius 1 is 1.27 bits per heavy atom. The van der Waals surface area contributed by atoms with E-state index in [0.717, 1.165) is 0 Å². The summed E-state index contributed by atoms with van der Waals surface area (Å²) in [6.07, 6.45) is -2.97. The molecule has 0 amide bonds. The Balaban J connectivity index is 3.90. The number of hydrogen-bond donors (Lipinski definition) is 3. The molecule has 0 aromatic heterocycles. The summed E-state index contributed by atoms with van der Waals surface area (Å²) in [5, 5.41) is 27.5. The molecule has 0 aromatic rings. The van der Waals surface area contributed by atoms with E-state index < -0.39 is 18.6 Å². The topological polar surface area (TPSA) is 73.2 Å². The molecule has 68 valence electrons. The first-order valence-corrected chi connectivity index (χ1v) is 3.36. The van der Waals surface area contributed by atoms with Gasteiger partial charge in [0.05, 0.1) is 6.10 Å². The van der Waals surface area contributed by atoms with Crippen molar-refractivity contribution in [2.24, 2.45) is 0 Å². The number of aliphatic hydroxyl groups is 2. The van der Waals surface area contributed by atoms with E-state index in [4.69, 9.17) is 15.4 Å². The average Bonchev–Trinajstić information content (AvgIpc) is 2.00. The van der Waals surface area contributed by atoms with E-state index in [1.165, 1.54) is 14.0 Å². The number of hydrogen-bond acceptors (Lipinski definition) is 5. The molecular weight excluding hydrogens is 150 g/mol. The van der Waals surface area contributed by atoms with Crippen molar-refractivity contribution in [2.75, 3.05) is 7.11 Å². The molecule has 0 fully saturated rings. The molecule has 2 unspecified atom stereocenters. The van der Waals surface area contributed by atoms with Crippen LogP contribution in [0.3, 0.4) is 0 Å². The second-order valence-electron chi connectivity index (χ2n) is 2.37. The monoisotopic (exact) mass is 165 g/mol. The maximum Gasteiger partial charge on any atom is 0.157 e. The van der Waals surface area contributed by atoms with Crippen LogP contribution in [0.2, 0.25) is 0 Å². The molecule has 0 rings (SSSR count). The van der Waals surface area contributed by atoms with Crippen LogP contribution in [0, 0.1) is 0 Å². The first kappa shape index (κ1) is 10.8. The summed E-state index contributed by atoms with van der Waals surface area (Å²) >= 11 is 0. The summed E-state index contributed by atoms with van der Waals surface area (Å²) in [4.78, 5) is 0. The third kappa shape index (κ3) is 3.13. The molecule has 3 N–H and O–H groups in total. The molecule has 5 nitrogen and oxygen atoms in total. The molecule has 3 atom stereocenters. The van der Waals surface area contributed by atoms with Crippen LogP contribution in [0.1, 0.15) is 13.8 Å². The van der Waals surface area contributed by atoms with Gasteiger partial charge < -0.3 is 20.2 Å². The SMILES string of the molecule is CO[C@@H](C)N(O)C(O)C(C)O. The van der Waals surface area contributed by atoms with E-state index in [9.17, 15) is 0 Å². The summed E-state index contributed by atoms with van der Waals surface area (Å²) in [7, 11) is 1.39. The molecule has 5 heteroatoms. The highest BCUT2D eigenvalue weighted by Crippen LogP contribution is 2.03. The van der Waals surface area contributed by atoms with Crippen molar-refractivity contribution in [1.82, 2.24) is 5.06 Å². The fraction of sp³-hybridized carbons (Fsp3) is 1.00. The van der Waals surface area contributed by atoms with Crippen LogP contribution in [0.15, 0.2) is 0 Å². The number of aliphatic hydroxyl groups excluding tert-OH is 2. The van der Waals surface area contributed by atoms with Gasteiger partial charge in [-0.05, 0) is 13.8 Å². The van der Waals surface area contributed by atoms with Crippen molar-refractivity contribution >= 4 is 0 Å². The van der Waals surface area contributed by atoms with Gasteiger partial charge in [-0.1, -0.05) is 0 Å². The van der Waals surface area contributed by atoms with Gasteiger partial charge in [0.25, 0.3) is 0 Å². The number of ether oxygens (including phenoxy) is 1. The lowest BCUT2D eigenvalue weighted by Crippen LogP contribution is -2.45. The molecule has 11 heavy (non-hydrogen) atoms. The van der Waals surface area contributed by atoms with Gasteiger partial charge in [0.2, 0.25) is 0 Å². The van der Waals surface area contributed by atoms with E-state index in [-0.39, 0.29) is 0 Å². The van der Waals surface area contributed by atoms with Gasteiger partial charge in [-0.25, -0.2) is 0 Å². The summed E-state index contributed by atoms with van der Waals surface area (Å²) in [5.41, 5.74) is 0. The summed E-state index contributed by atoms with van der Waals surface area (Å²) in [6.45, 7) is 2.92. The number of methoxy groups -OCH3 is 1. The lowest BCUT2D eigenvalue weighted by molar-refractivity contribution is -0.288. The highest BCUT2D eigenvalue weighted by atomic mass is 16.6. The molecule has 0 aliphatic rings. The minimum atomic E-state index is -1.31. The zero-order valence-corrected chi connectivity index (χ0v) is 6.93. The standard InChI is InChI=1S/C6H15NO4/c1-4(8)6(9)7(10)5(2)11-3/h4-6,8-10H,1-3H3/t4?,5-,6?/m0/s1. The number of hydroxylamine groups is 2. The largest absolute Gasteiger partial charge is 0.389 e. The van der Waals surface area contributed by atoms with Crippen molar-refractivity contribution < 1.29 is 20.2 Å². The lowest BCUT2D eigenvalue weighted by atomic mass is 10.3. The lowest BCUT2D eigenvalue weighted by Gasteiger charge is -2.27. The van der Waals surface area contributed by atoms with E-state index >= 15 is 0 Å². The van der Waals surface area contributed by atoms with Crippen LogP contribution in [-0.2, 0) is 4.74 Å². The van der Waals surface area contributed by atoms with Crippen molar-refractivity contribution in [2.45, 2.75) is 32.4 Å². The third-order valence-electron chi connectivity index (χ3n) is 1.42. The fourth-order valence-corrected chi connectivity index (χ4v) is 0.544. The first-order chi connectivity index (χ1) is 5.00. The maximum atomic E-state index is 9.05. The zero-order chi connectivity index (χ0) is 9.02. The normalized spacial score (nSPS) is 19.9. The second kappa shape index (κ2) is 4.63. The molecular formula is C6H15NO4. The van der Waals surface area contributed by atoms with Crippen molar-refractivity contribution in [3.63, 3.8) is 0 Å². The number of rotatable bonds is 4. The predicted molar refractivity (Wildman–Crippen MR) is 37.8 cm³/mol. The van der Waals surface area contributed by atoms with Crippen LogP contribution in [0.25, 0.3) is 0 Å². The highest BCUT2D eigenvalue weighted by molar-refractivity contribution is 4.58. The summed E-state index contributed by atoms with van der Waals surface area (Å²) in [6, 6.07) is 0. The van der Waals surface area contributed by atoms with Crippen LogP contribution < -0.4 is 0 Å². The van der Waals surface area contributed by atoms with Gasteiger partial charge in [-0.15, -0.1) is 5.06 Å². The minimum absolute atomic E-state index is 0.546.